The van der Waals surface area contributed by atoms with Crippen LogP contribution in [0.4, 0.5) is 0 Å². The number of sulfone groups is 1. The normalized spacial score (nSPS) is 34.4. The third-order valence-electron chi connectivity index (χ3n) is 3.95. The number of Topliss-reactive ketones (excluding diaryl/α,β-unsaturated/α-hetero) is 1. The molecule has 1 saturated heterocycles. The van der Waals surface area contributed by atoms with E-state index in [0.29, 0.717) is 25.9 Å². The highest BCUT2D eigenvalue weighted by molar-refractivity contribution is 7.92. The van der Waals surface area contributed by atoms with Gasteiger partial charge < -0.3 is 4.74 Å². The molecule has 2 rings (SSSR count). The molecular weight excluding hydrogens is 240 g/mol. The predicted molar refractivity (Wildman–Crippen MR) is 64.6 cm³/mol. The molecule has 0 radical (unpaired) electrons. The summed E-state index contributed by atoms with van der Waals surface area (Å²) < 4.78 is 29.5. The summed E-state index contributed by atoms with van der Waals surface area (Å²) in [7, 11) is -3.10. The molecule has 0 aromatic rings. The second-order valence-electron chi connectivity index (χ2n) is 5.11. The van der Waals surface area contributed by atoms with Crippen LogP contribution in [0.3, 0.4) is 0 Å². The summed E-state index contributed by atoms with van der Waals surface area (Å²) in [5, 5.41) is -0.362. The smallest absolute Gasteiger partial charge is 0.155 e. The molecule has 3 atom stereocenters. The first kappa shape index (κ1) is 13.0. The minimum atomic E-state index is -3.10. The molecule has 1 aliphatic heterocycles. The van der Waals surface area contributed by atoms with E-state index in [9.17, 15) is 13.2 Å². The Bertz CT molecular complexity index is 387. The third-order valence-corrected chi connectivity index (χ3v) is 6.30. The van der Waals surface area contributed by atoms with Crippen LogP contribution < -0.4 is 0 Å². The fourth-order valence-corrected chi connectivity index (χ4v) is 4.87. The maximum atomic E-state index is 12.1. The van der Waals surface area contributed by atoms with Crippen LogP contribution in [-0.2, 0) is 19.4 Å². The number of hydrogen-bond acceptors (Lipinski definition) is 4. The average molecular weight is 260 g/mol. The molecule has 1 aliphatic carbocycles. The Morgan fingerprint density at radius 2 is 2.12 bits per heavy atom. The molecule has 1 saturated carbocycles. The van der Waals surface area contributed by atoms with Crippen LogP contribution in [0.15, 0.2) is 0 Å². The van der Waals surface area contributed by atoms with Crippen molar-refractivity contribution in [2.75, 3.05) is 12.4 Å². The van der Waals surface area contributed by atoms with E-state index >= 15 is 0 Å². The lowest BCUT2D eigenvalue weighted by Gasteiger charge is -2.16. The predicted octanol–water partition coefficient (Wildman–Crippen LogP) is 1.34. The Balaban J connectivity index is 1.91. The molecule has 3 unspecified atom stereocenters. The van der Waals surface area contributed by atoms with Crippen LogP contribution in [0.25, 0.3) is 0 Å². The van der Waals surface area contributed by atoms with Crippen molar-refractivity contribution in [1.29, 1.82) is 0 Å². The second kappa shape index (κ2) is 5.06. The molecule has 2 fully saturated rings. The Hall–Kier alpha value is -0.420. The van der Waals surface area contributed by atoms with Crippen molar-refractivity contribution >= 4 is 15.6 Å². The van der Waals surface area contributed by atoms with E-state index in [0.717, 1.165) is 12.8 Å². The van der Waals surface area contributed by atoms with Gasteiger partial charge in [0.15, 0.2) is 9.84 Å². The lowest BCUT2D eigenvalue weighted by atomic mass is 10.1. The molecule has 98 valence electrons. The van der Waals surface area contributed by atoms with Gasteiger partial charge in [0.05, 0.1) is 17.1 Å². The minimum Gasteiger partial charge on any atom is -0.377 e. The summed E-state index contributed by atoms with van der Waals surface area (Å²) in [5.41, 5.74) is 0. The molecule has 0 bridgehead atoms. The first-order chi connectivity index (χ1) is 8.00. The van der Waals surface area contributed by atoms with E-state index in [1.54, 1.807) is 0 Å². The molecular formula is C12H20O4S. The molecule has 5 heteroatoms. The van der Waals surface area contributed by atoms with Crippen LogP contribution in [-0.4, -0.2) is 37.9 Å². The van der Waals surface area contributed by atoms with Crippen molar-refractivity contribution in [2.24, 2.45) is 5.92 Å². The highest BCUT2D eigenvalue weighted by Crippen LogP contribution is 2.27. The summed E-state index contributed by atoms with van der Waals surface area (Å²) >= 11 is 0. The highest BCUT2D eigenvalue weighted by atomic mass is 32.2. The van der Waals surface area contributed by atoms with E-state index in [2.05, 4.69) is 0 Å². The number of carbonyl (C=O) groups excluding carboxylic acids is 1. The van der Waals surface area contributed by atoms with Crippen molar-refractivity contribution in [3.05, 3.63) is 0 Å². The van der Waals surface area contributed by atoms with Gasteiger partial charge in [0, 0.05) is 18.9 Å². The summed E-state index contributed by atoms with van der Waals surface area (Å²) in [6, 6.07) is 0. The van der Waals surface area contributed by atoms with E-state index in [1.807, 2.05) is 6.92 Å². The maximum absolute atomic E-state index is 12.1. The van der Waals surface area contributed by atoms with Gasteiger partial charge in [-0.15, -0.1) is 0 Å². The van der Waals surface area contributed by atoms with Crippen molar-refractivity contribution in [3.63, 3.8) is 0 Å². The number of ketones is 1. The molecule has 0 aromatic carbocycles. The van der Waals surface area contributed by atoms with Gasteiger partial charge >= 0.3 is 0 Å². The van der Waals surface area contributed by atoms with E-state index in [-0.39, 0.29) is 28.8 Å². The largest absolute Gasteiger partial charge is 0.377 e. The average Bonchev–Trinajstić information content (AvgIpc) is 2.85. The fourth-order valence-electron chi connectivity index (χ4n) is 2.83. The van der Waals surface area contributed by atoms with Crippen molar-refractivity contribution in [2.45, 2.75) is 50.4 Å². The lowest BCUT2D eigenvalue weighted by Crippen LogP contribution is -2.31. The topological polar surface area (TPSA) is 60.4 Å². The highest BCUT2D eigenvalue weighted by Gasteiger charge is 2.36. The number of ether oxygens (including phenoxy) is 1. The zero-order valence-electron chi connectivity index (χ0n) is 10.2. The second-order valence-corrected chi connectivity index (χ2v) is 7.45. The zero-order valence-corrected chi connectivity index (χ0v) is 11.0. The fraction of sp³-hybridized carbons (Fsp3) is 0.917. The molecule has 17 heavy (non-hydrogen) atoms. The monoisotopic (exact) mass is 260 g/mol. The van der Waals surface area contributed by atoms with Crippen LogP contribution in [0.1, 0.15) is 39.0 Å². The Labute approximate surface area is 103 Å². The van der Waals surface area contributed by atoms with Crippen LogP contribution >= 0.6 is 0 Å². The van der Waals surface area contributed by atoms with Crippen molar-refractivity contribution in [3.8, 4) is 0 Å². The Morgan fingerprint density at radius 1 is 1.35 bits per heavy atom. The van der Waals surface area contributed by atoms with Gasteiger partial charge in [-0.2, -0.15) is 0 Å². The van der Waals surface area contributed by atoms with Crippen LogP contribution in [0, 0.1) is 5.92 Å². The van der Waals surface area contributed by atoms with Gasteiger partial charge in [-0.25, -0.2) is 8.42 Å². The van der Waals surface area contributed by atoms with Crippen LogP contribution in [0.5, 0.6) is 0 Å². The maximum Gasteiger partial charge on any atom is 0.155 e. The van der Waals surface area contributed by atoms with Gasteiger partial charge in [-0.3, -0.25) is 4.79 Å². The summed E-state index contributed by atoms with van der Waals surface area (Å²) in [4.78, 5) is 11.5. The molecule has 0 aromatic heterocycles. The van der Waals surface area contributed by atoms with E-state index < -0.39 is 9.84 Å². The van der Waals surface area contributed by atoms with Crippen LogP contribution in [0.2, 0.25) is 0 Å². The molecule has 0 amide bonds. The molecule has 0 spiro atoms. The van der Waals surface area contributed by atoms with Crippen molar-refractivity contribution in [1.82, 2.24) is 0 Å². The summed E-state index contributed by atoms with van der Waals surface area (Å²) in [5.74, 6) is 0.375. The van der Waals surface area contributed by atoms with Gasteiger partial charge in [-0.05, 0) is 32.6 Å². The summed E-state index contributed by atoms with van der Waals surface area (Å²) in [6.45, 7) is 2.35. The summed E-state index contributed by atoms with van der Waals surface area (Å²) in [6.07, 6.45) is 3.33. The Morgan fingerprint density at radius 3 is 2.65 bits per heavy atom. The van der Waals surface area contributed by atoms with Gasteiger partial charge in [0.2, 0.25) is 0 Å². The number of carbonyl (C=O) groups is 1. The molecule has 2 aliphatic rings. The number of hydrogen-bond donors (Lipinski definition) is 0. The van der Waals surface area contributed by atoms with Crippen molar-refractivity contribution < 1.29 is 17.9 Å². The number of rotatable bonds is 4. The van der Waals surface area contributed by atoms with Gasteiger partial charge in [-0.1, -0.05) is 0 Å². The first-order valence-corrected chi connectivity index (χ1v) is 8.08. The third kappa shape index (κ3) is 2.88. The molecule has 0 N–H and O–H groups in total. The zero-order chi connectivity index (χ0) is 12.5. The molecule has 4 nitrogen and oxygen atoms in total. The van der Waals surface area contributed by atoms with Gasteiger partial charge in [0.1, 0.15) is 5.78 Å². The minimum absolute atomic E-state index is 0.0117. The van der Waals surface area contributed by atoms with E-state index in [4.69, 9.17) is 4.74 Å². The molecule has 1 heterocycles. The quantitative estimate of drug-likeness (QED) is 0.765. The van der Waals surface area contributed by atoms with Gasteiger partial charge in [0.25, 0.3) is 0 Å². The first-order valence-electron chi connectivity index (χ1n) is 6.36. The van der Waals surface area contributed by atoms with E-state index in [1.165, 1.54) is 0 Å². The Kier molecular flexibility index (Phi) is 3.88. The standard InChI is InChI=1S/C12H20O4S/c1-9-12(5-7-16-9)17(14,15)8-6-10-3-2-4-11(10)13/h9-10,12H,2-8H2,1H3. The lowest BCUT2D eigenvalue weighted by molar-refractivity contribution is -0.120. The SMILES string of the molecule is CC1OCCC1S(=O)(=O)CCC1CCCC1=O.